The van der Waals surface area contributed by atoms with E-state index in [1.165, 1.54) is 24.3 Å². The van der Waals surface area contributed by atoms with Gasteiger partial charge in [-0.05, 0) is 50.6 Å². The van der Waals surface area contributed by atoms with E-state index in [9.17, 15) is 17.6 Å². The van der Waals surface area contributed by atoms with Crippen LogP contribution in [0.2, 0.25) is 0 Å². The van der Waals surface area contributed by atoms with Gasteiger partial charge in [0.25, 0.3) is 10.0 Å². The number of nitrogens with one attached hydrogen (secondary N) is 1. The minimum Gasteiger partial charge on any atom is -0.294 e. The first-order valence-electron chi connectivity index (χ1n) is 7.90. The molecule has 0 bridgehead atoms. The van der Waals surface area contributed by atoms with Crippen LogP contribution in [0.15, 0.2) is 52.9 Å². The van der Waals surface area contributed by atoms with Crippen LogP contribution in [0.3, 0.4) is 0 Å². The Balaban J connectivity index is 2.06. The highest BCUT2D eigenvalue weighted by atomic mass is 32.2. The molecule has 0 aliphatic heterocycles. The molecule has 1 aliphatic carbocycles. The first-order valence-corrected chi connectivity index (χ1v) is 9.38. The van der Waals surface area contributed by atoms with E-state index in [1.807, 2.05) is 13.8 Å². The first kappa shape index (κ1) is 17.4. The third-order valence-corrected chi connectivity index (χ3v) is 5.64. The minimum absolute atomic E-state index is 0.0557. The van der Waals surface area contributed by atoms with E-state index >= 15 is 0 Å². The van der Waals surface area contributed by atoms with Crippen molar-refractivity contribution in [1.82, 2.24) is 0 Å². The van der Waals surface area contributed by atoms with Gasteiger partial charge in [0.2, 0.25) is 0 Å². The Hall–Kier alpha value is -2.47. The molecule has 0 radical (unpaired) electrons. The van der Waals surface area contributed by atoms with Crippen LogP contribution in [0.5, 0.6) is 0 Å². The lowest BCUT2D eigenvalue weighted by molar-refractivity contribution is -0.113. The maximum absolute atomic E-state index is 13.7. The number of aryl methyl sites for hydroxylation is 1. The SMILES string of the molecule is CC1=C(c2ccc(F)cc2NS(=O)(=O)c2ccc(C)cc2)C(=O)CC1. The quantitative estimate of drug-likeness (QED) is 0.895. The van der Waals surface area contributed by atoms with Crippen LogP contribution >= 0.6 is 0 Å². The highest BCUT2D eigenvalue weighted by molar-refractivity contribution is 7.92. The summed E-state index contributed by atoms with van der Waals surface area (Å²) in [5, 5.41) is 0. The average molecular weight is 359 g/mol. The van der Waals surface area contributed by atoms with E-state index in [0.717, 1.165) is 17.2 Å². The number of sulfonamides is 1. The number of rotatable bonds is 4. The Morgan fingerprint density at radius 2 is 1.68 bits per heavy atom. The molecule has 0 saturated heterocycles. The molecule has 6 heteroatoms. The van der Waals surface area contributed by atoms with E-state index in [1.54, 1.807) is 12.1 Å². The molecule has 0 atom stereocenters. The summed E-state index contributed by atoms with van der Waals surface area (Å²) in [5.74, 6) is -0.631. The number of carbonyl (C=O) groups excluding carboxylic acids is 1. The molecule has 0 unspecified atom stereocenters. The van der Waals surface area contributed by atoms with Crippen molar-refractivity contribution in [2.75, 3.05) is 4.72 Å². The van der Waals surface area contributed by atoms with Crippen molar-refractivity contribution < 1.29 is 17.6 Å². The highest BCUT2D eigenvalue weighted by Gasteiger charge is 2.25. The fraction of sp³-hybridized carbons (Fsp3) is 0.211. The second-order valence-electron chi connectivity index (χ2n) is 6.19. The molecule has 0 heterocycles. The molecule has 1 N–H and O–H groups in total. The Morgan fingerprint density at radius 1 is 1.00 bits per heavy atom. The predicted molar refractivity (Wildman–Crippen MR) is 95.2 cm³/mol. The van der Waals surface area contributed by atoms with Gasteiger partial charge in [0.15, 0.2) is 5.78 Å². The number of allylic oxidation sites excluding steroid dienone is 2. The smallest absolute Gasteiger partial charge is 0.261 e. The van der Waals surface area contributed by atoms with Gasteiger partial charge in [-0.3, -0.25) is 9.52 Å². The van der Waals surface area contributed by atoms with E-state index < -0.39 is 15.8 Å². The third-order valence-electron chi connectivity index (χ3n) is 4.26. The molecule has 4 nitrogen and oxygen atoms in total. The van der Waals surface area contributed by atoms with Gasteiger partial charge < -0.3 is 0 Å². The van der Waals surface area contributed by atoms with Crippen molar-refractivity contribution in [3.05, 3.63) is 65.0 Å². The Labute approximate surface area is 146 Å². The van der Waals surface area contributed by atoms with Crippen LogP contribution < -0.4 is 4.72 Å². The van der Waals surface area contributed by atoms with Crippen LogP contribution in [0.4, 0.5) is 10.1 Å². The summed E-state index contributed by atoms with van der Waals surface area (Å²) in [5.41, 5.74) is 2.78. The number of carbonyl (C=O) groups is 1. The zero-order valence-electron chi connectivity index (χ0n) is 14.0. The standard InChI is InChI=1S/C19H18FNO3S/c1-12-3-7-15(8-4-12)25(23,24)21-17-11-14(20)6-9-16(17)19-13(2)5-10-18(19)22/h3-4,6-9,11,21H,5,10H2,1-2H3. The fourth-order valence-corrected chi connectivity index (χ4v) is 3.98. The van der Waals surface area contributed by atoms with Gasteiger partial charge >= 0.3 is 0 Å². The summed E-state index contributed by atoms with van der Waals surface area (Å²) in [4.78, 5) is 12.2. The minimum atomic E-state index is -3.88. The number of hydrogen-bond acceptors (Lipinski definition) is 3. The summed E-state index contributed by atoms with van der Waals surface area (Å²) < 4.78 is 41.4. The van der Waals surface area contributed by atoms with Crippen LogP contribution in [0.25, 0.3) is 5.57 Å². The summed E-state index contributed by atoms with van der Waals surface area (Å²) in [6, 6.07) is 10.1. The largest absolute Gasteiger partial charge is 0.294 e. The summed E-state index contributed by atoms with van der Waals surface area (Å²) >= 11 is 0. The third kappa shape index (κ3) is 3.49. The summed E-state index contributed by atoms with van der Waals surface area (Å²) in [7, 11) is -3.88. The van der Waals surface area contributed by atoms with Gasteiger partial charge in [-0.1, -0.05) is 23.3 Å². The topological polar surface area (TPSA) is 63.2 Å². The van der Waals surface area contributed by atoms with E-state index in [0.29, 0.717) is 24.0 Å². The van der Waals surface area contributed by atoms with E-state index in [2.05, 4.69) is 4.72 Å². The second-order valence-corrected chi connectivity index (χ2v) is 7.87. The lowest BCUT2D eigenvalue weighted by Gasteiger charge is -2.14. The molecule has 3 rings (SSSR count). The van der Waals surface area contributed by atoms with Gasteiger partial charge in [0, 0.05) is 17.6 Å². The number of halogens is 1. The highest BCUT2D eigenvalue weighted by Crippen LogP contribution is 2.35. The van der Waals surface area contributed by atoms with Gasteiger partial charge in [-0.25, -0.2) is 12.8 Å². The zero-order valence-corrected chi connectivity index (χ0v) is 14.8. The molecule has 0 amide bonds. The normalized spacial score (nSPS) is 14.9. The number of benzene rings is 2. The monoisotopic (exact) mass is 359 g/mol. The number of ketones is 1. The van der Waals surface area contributed by atoms with Crippen molar-refractivity contribution in [3.63, 3.8) is 0 Å². The van der Waals surface area contributed by atoms with Gasteiger partial charge in [0.1, 0.15) is 5.82 Å². The van der Waals surface area contributed by atoms with Crippen LogP contribution in [-0.2, 0) is 14.8 Å². The maximum Gasteiger partial charge on any atom is 0.261 e. The average Bonchev–Trinajstić information content (AvgIpc) is 2.87. The Kier molecular flexibility index (Phi) is 4.47. The second kappa shape index (κ2) is 6.44. The predicted octanol–water partition coefficient (Wildman–Crippen LogP) is 4.07. The molecule has 0 saturated carbocycles. The molecule has 2 aromatic rings. The number of hydrogen-bond donors (Lipinski definition) is 1. The lowest BCUT2D eigenvalue weighted by Crippen LogP contribution is -2.15. The van der Waals surface area contributed by atoms with E-state index in [4.69, 9.17) is 0 Å². The summed E-state index contributed by atoms with van der Waals surface area (Å²) in [6.07, 6.45) is 1.03. The number of Topliss-reactive ketones (excluding diaryl/α,β-unsaturated/α-hetero) is 1. The Bertz CT molecular complexity index is 976. The van der Waals surface area contributed by atoms with Gasteiger partial charge in [0.05, 0.1) is 10.6 Å². The molecule has 2 aromatic carbocycles. The maximum atomic E-state index is 13.7. The molecule has 1 aliphatic rings. The van der Waals surface area contributed by atoms with Crippen molar-refractivity contribution in [1.29, 1.82) is 0 Å². The molecular weight excluding hydrogens is 341 g/mol. The van der Waals surface area contributed by atoms with Crippen molar-refractivity contribution in [2.45, 2.75) is 31.6 Å². The Morgan fingerprint density at radius 3 is 2.28 bits per heavy atom. The van der Waals surface area contributed by atoms with Crippen LogP contribution in [0.1, 0.15) is 30.9 Å². The molecule has 0 spiro atoms. The summed E-state index contributed by atoms with van der Waals surface area (Å²) in [6.45, 7) is 3.69. The van der Waals surface area contributed by atoms with Crippen LogP contribution in [0, 0.1) is 12.7 Å². The van der Waals surface area contributed by atoms with Crippen molar-refractivity contribution in [2.24, 2.45) is 0 Å². The van der Waals surface area contributed by atoms with E-state index in [-0.39, 0.29) is 16.4 Å². The van der Waals surface area contributed by atoms with Gasteiger partial charge in [-0.15, -0.1) is 0 Å². The molecule has 0 aromatic heterocycles. The van der Waals surface area contributed by atoms with Crippen LogP contribution in [-0.4, -0.2) is 14.2 Å². The molecule has 25 heavy (non-hydrogen) atoms. The zero-order chi connectivity index (χ0) is 18.2. The molecule has 0 fully saturated rings. The van der Waals surface area contributed by atoms with Crippen molar-refractivity contribution >= 4 is 27.1 Å². The number of anilines is 1. The first-order chi connectivity index (χ1) is 11.8. The molecular formula is C19H18FNO3S. The van der Waals surface area contributed by atoms with Crippen molar-refractivity contribution in [3.8, 4) is 0 Å². The molecule has 130 valence electrons. The fourth-order valence-electron chi connectivity index (χ4n) is 2.91. The van der Waals surface area contributed by atoms with Gasteiger partial charge in [-0.2, -0.15) is 0 Å². The lowest BCUT2D eigenvalue weighted by atomic mass is 10.00.